The summed E-state index contributed by atoms with van der Waals surface area (Å²) in [4.78, 5) is 21.1. The molecule has 2 aromatic rings. The van der Waals surface area contributed by atoms with Crippen molar-refractivity contribution in [3.05, 3.63) is 53.4 Å². The first-order valence-corrected chi connectivity index (χ1v) is 8.32. The van der Waals surface area contributed by atoms with E-state index in [0.29, 0.717) is 0 Å². The van der Waals surface area contributed by atoms with Crippen LogP contribution in [-0.4, -0.2) is 45.2 Å². The van der Waals surface area contributed by atoms with Crippen molar-refractivity contribution in [3.63, 3.8) is 0 Å². The number of halogens is 6. The summed E-state index contributed by atoms with van der Waals surface area (Å²) in [6.07, 6.45) is 0. The Morgan fingerprint density at radius 3 is 1.15 bits per heavy atom. The van der Waals surface area contributed by atoms with E-state index in [1.807, 2.05) is 0 Å². The van der Waals surface area contributed by atoms with Gasteiger partial charge in [0.15, 0.2) is 0 Å². The number of carboxylic acid groups (broad SMARTS) is 2. The minimum Gasteiger partial charge on any atom is -0.871 e. The molecule has 0 unspecified atom stereocenters. The maximum atomic E-state index is 11.1. The average Bonchev–Trinajstić information content (AvgIpc) is 2.51. The largest absolute Gasteiger partial charge is 2.00 e. The summed E-state index contributed by atoms with van der Waals surface area (Å²) in [5.74, 6) is -4.55. The number of benzene rings is 2. The van der Waals surface area contributed by atoms with E-state index in [9.17, 15) is 19.8 Å². The van der Waals surface area contributed by atoms with Gasteiger partial charge >= 0.3 is 35.0 Å². The summed E-state index contributed by atoms with van der Waals surface area (Å²) in [7, 11) is 0. The zero-order chi connectivity index (χ0) is 20.3. The maximum Gasteiger partial charge on any atom is 2.00 e. The Balaban J connectivity index is 0.000000483. The molecule has 0 saturated heterocycles. The smallest absolute Gasteiger partial charge is 0.871 e. The predicted molar refractivity (Wildman–Crippen MR) is 102 cm³/mol. The molecule has 0 aliphatic heterocycles. The number of hydrogen-bond acceptors (Lipinski definition) is 4. The van der Waals surface area contributed by atoms with Gasteiger partial charge in [-0.25, -0.2) is 9.59 Å². The topological polar surface area (TPSA) is 121 Å². The predicted octanol–water partition coefficient (Wildman–Crippen LogP) is 4.46. The molecule has 0 heterocycles. The van der Waals surface area contributed by atoms with Crippen molar-refractivity contribution in [1.82, 2.24) is 0 Å². The van der Waals surface area contributed by atoms with Gasteiger partial charge in [0.2, 0.25) is 0 Å². The summed E-state index contributed by atoms with van der Waals surface area (Å²) in [6, 6.07) is 2.22. The third-order valence-electron chi connectivity index (χ3n) is 2.68. The van der Waals surface area contributed by atoms with Crippen molar-refractivity contribution in [1.29, 1.82) is 0 Å². The quantitative estimate of drug-likeness (QED) is 0.460. The molecular formula is C14H4Cl6MgO6. The number of rotatable bonds is 2. The van der Waals surface area contributed by atoms with Crippen molar-refractivity contribution in [2.75, 3.05) is 0 Å². The first kappa shape index (κ1) is 26.5. The number of aromatic carboxylic acids is 2. The van der Waals surface area contributed by atoms with Crippen LogP contribution in [0.4, 0.5) is 0 Å². The minimum absolute atomic E-state index is 0. The Hall–Kier alpha value is -0.514. The second-order valence-electron chi connectivity index (χ2n) is 4.33. The molecule has 2 N–H and O–H groups in total. The fourth-order valence-corrected chi connectivity index (χ4v) is 2.91. The van der Waals surface area contributed by atoms with Gasteiger partial charge in [0.25, 0.3) is 0 Å². The van der Waals surface area contributed by atoms with E-state index in [1.165, 1.54) is 0 Å². The van der Waals surface area contributed by atoms with E-state index >= 15 is 0 Å². The number of carboxylic acids is 2. The van der Waals surface area contributed by atoms with Gasteiger partial charge in [-0.15, -0.1) is 0 Å². The Kier molecular flexibility index (Phi) is 10.7. The summed E-state index contributed by atoms with van der Waals surface area (Å²) in [5.41, 5.74) is -1.20. The van der Waals surface area contributed by atoms with E-state index in [0.717, 1.165) is 12.1 Å². The van der Waals surface area contributed by atoms with Gasteiger partial charge < -0.3 is 20.4 Å². The summed E-state index contributed by atoms with van der Waals surface area (Å²) in [5, 5.41) is 38.2. The van der Waals surface area contributed by atoms with Crippen LogP contribution < -0.4 is 10.2 Å². The monoisotopic (exact) mass is 502 g/mol. The molecule has 0 aromatic heterocycles. The third kappa shape index (κ3) is 6.23. The van der Waals surface area contributed by atoms with E-state index in [-0.39, 0.29) is 53.2 Å². The molecule has 0 aliphatic rings. The molecule has 140 valence electrons. The van der Waals surface area contributed by atoms with Crippen molar-refractivity contribution in [2.45, 2.75) is 0 Å². The fraction of sp³-hybridized carbons (Fsp3) is 0. The van der Waals surface area contributed by atoms with Crippen LogP contribution >= 0.6 is 69.6 Å². The molecule has 0 atom stereocenters. The maximum absolute atomic E-state index is 11.1. The number of carbonyl (C=O) groups is 2. The molecule has 2 aromatic carbocycles. The van der Waals surface area contributed by atoms with Crippen molar-refractivity contribution in [2.24, 2.45) is 0 Å². The molecule has 6 nitrogen and oxygen atoms in total. The van der Waals surface area contributed by atoms with Gasteiger partial charge in [0.1, 0.15) is 0 Å². The molecule has 2 rings (SSSR count). The van der Waals surface area contributed by atoms with Crippen LogP contribution in [0.15, 0.2) is 12.1 Å². The molecule has 0 amide bonds. The third-order valence-corrected chi connectivity index (χ3v) is 4.82. The van der Waals surface area contributed by atoms with E-state index < -0.39 is 34.6 Å². The molecule has 27 heavy (non-hydrogen) atoms. The van der Waals surface area contributed by atoms with Crippen LogP contribution in [0.2, 0.25) is 30.1 Å². The van der Waals surface area contributed by atoms with Gasteiger partial charge in [-0.3, -0.25) is 0 Å². The summed E-state index contributed by atoms with van der Waals surface area (Å²) in [6.45, 7) is 0. The molecule has 0 aliphatic carbocycles. The van der Waals surface area contributed by atoms with Crippen molar-refractivity contribution >= 4 is 105 Å². The fourth-order valence-electron chi connectivity index (χ4n) is 1.54. The summed E-state index contributed by atoms with van der Waals surface area (Å²) >= 11 is 32.9. The minimum atomic E-state index is -1.44. The molecule has 0 saturated carbocycles. The van der Waals surface area contributed by atoms with Gasteiger partial charge in [0.05, 0.1) is 31.2 Å². The van der Waals surface area contributed by atoms with Crippen LogP contribution in [-0.2, 0) is 0 Å². The Bertz CT molecular complexity index is 779. The average molecular weight is 505 g/mol. The zero-order valence-electron chi connectivity index (χ0n) is 12.7. The first-order chi connectivity index (χ1) is 11.9. The van der Waals surface area contributed by atoms with Gasteiger partial charge in [-0.2, -0.15) is 0 Å². The SMILES string of the molecule is O=C(O)c1c([O-])c(Cl)cc(Cl)c1Cl.O=C(O)c1c([O-])c(Cl)cc(Cl)c1Cl.[Mg+2]. The first-order valence-electron chi connectivity index (χ1n) is 6.05. The standard InChI is InChI=1S/2C7H3Cl3O3.Mg/c2*8-2-1-3(9)6(11)4(5(2)10)7(12)13;/h2*1,11H,(H,12,13);/q;;+2/p-2. The zero-order valence-corrected chi connectivity index (χ0v) is 18.6. The van der Waals surface area contributed by atoms with Gasteiger partial charge in [0, 0.05) is 10.0 Å². The van der Waals surface area contributed by atoms with Crippen LogP contribution in [0.25, 0.3) is 0 Å². The van der Waals surface area contributed by atoms with E-state index in [2.05, 4.69) is 0 Å². The van der Waals surface area contributed by atoms with Gasteiger partial charge in [-0.05, 0) is 12.1 Å². The summed E-state index contributed by atoms with van der Waals surface area (Å²) < 4.78 is 0. The Labute approximate surface area is 198 Å². The Morgan fingerprint density at radius 1 is 0.667 bits per heavy atom. The van der Waals surface area contributed by atoms with Crippen LogP contribution in [0, 0.1) is 0 Å². The Morgan fingerprint density at radius 2 is 0.926 bits per heavy atom. The van der Waals surface area contributed by atoms with Crippen molar-refractivity contribution in [3.8, 4) is 11.5 Å². The second-order valence-corrected chi connectivity index (χ2v) is 6.71. The second kappa shape index (κ2) is 10.9. The van der Waals surface area contributed by atoms with E-state index in [4.69, 9.17) is 79.8 Å². The van der Waals surface area contributed by atoms with Crippen molar-refractivity contribution < 1.29 is 30.0 Å². The molecule has 0 fully saturated rings. The van der Waals surface area contributed by atoms with Crippen LogP contribution in [0.5, 0.6) is 11.5 Å². The van der Waals surface area contributed by atoms with E-state index in [1.54, 1.807) is 0 Å². The number of hydrogen-bond donors (Lipinski definition) is 2. The van der Waals surface area contributed by atoms with Crippen LogP contribution in [0.1, 0.15) is 20.7 Å². The normalized spacial score (nSPS) is 9.70. The molecule has 0 radical (unpaired) electrons. The molecular weight excluding hydrogens is 501 g/mol. The molecule has 0 bridgehead atoms. The molecule has 13 heteroatoms. The van der Waals surface area contributed by atoms with Gasteiger partial charge in [-0.1, -0.05) is 81.1 Å². The molecule has 0 spiro atoms. The van der Waals surface area contributed by atoms with Crippen LogP contribution in [0.3, 0.4) is 0 Å².